The van der Waals surface area contributed by atoms with Crippen LogP contribution in [0, 0.1) is 17.0 Å². The summed E-state index contributed by atoms with van der Waals surface area (Å²) in [7, 11) is 0. The number of pyridine rings is 1. The van der Waals surface area contributed by atoms with E-state index in [2.05, 4.69) is 10.4 Å². The molecule has 0 atom stereocenters. The Balaban J connectivity index is 2.11. The van der Waals surface area contributed by atoms with Crippen molar-refractivity contribution in [3.63, 3.8) is 0 Å². The summed E-state index contributed by atoms with van der Waals surface area (Å²) in [4.78, 5) is 14.4. The quantitative estimate of drug-likeness (QED) is 0.492. The van der Waals surface area contributed by atoms with Crippen molar-refractivity contribution in [2.24, 2.45) is 5.84 Å². The number of aromatic nitrogens is 1. The van der Waals surface area contributed by atoms with Gasteiger partial charge >= 0.3 is 0 Å². The maximum atomic E-state index is 10.7. The first kappa shape index (κ1) is 13.8. The Morgan fingerprint density at radius 2 is 2.25 bits per heavy atom. The third-order valence-electron chi connectivity index (χ3n) is 2.79. The second-order valence-electron chi connectivity index (χ2n) is 4.15. The molecule has 7 nitrogen and oxygen atoms in total. The highest BCUT2D eigenvalue weighted by Crippen LogP contribution is 2.24. The van der Waals surface area contributed by atoms with Crippen LogP contribution in [-0.2, 0) is 6.61 Å². The van der Waals surface area contributed by atoms with Gasteiger partial charge in [-0.1, -0.05) is 6.07 Å². The van der Waals surface area contributed by atoms with Gasteiger partial charge in [0, 0.05) is 23.4 Å². The number of ether oxygens (including phenoxy) is 1. The molecule has 0 aliphatic carbocycles. The first-order chi connectivity index (χ1) is 9.61. The minimum Gasteiger partial charge on any atom is -0.489 e. The van der Waals surface area contributed by atoms with Crippen LogP contribution < -0.4 is 16.0 Å². The van der Waals surface area contributed by atoms with E-state index in [4.69, 9.17) is 10.6 Å². The molecule has 2 aromatic rings. The highest BCUT2D eigenvalue weighted by Gasteiger charge is 2.11. The molecule has 0 amide bonds. The van der Waals surface area contributed by atoms with Gasteiger partial charge in [0.05, 0.1) is 4.92 Å². The Kier molecular flexibility index (Phi) is 4.11. The Morgan fingerprint density at radius 1 is 1.45 bits per heavy atom. The number of benzene rings is 1. The molecule has 2 rings (SSSR count). The molecule has 0 aliphatic rings. The molecule has 104 valence electrons. The Labute approximate surface area is 115 Å². The fourth-order valence-corrected chi connectivity index (χ4v) is 1.77. The SMILES string of the molecule is Cc1cc(OCc2cccnc2NN)ccc1[N+](=O)[O-]. The largest absolute Gasteiger partial charge is 0.489 e. The predicted molar refractivity (Wildman–Crippen MR) is 74.2 cm³/mol. The third kappa shape index (κ3) is 3.01. The lowest BCUT2D eigenvalue weighted by molar-refractivity contribution is -0.385. The molecule has 1 aromatic heterocycles. The smallest absolute Gasteiger partial charge is 0.272 e. The number of nitrogens with zero attached hydrogens (tertiary/aromatic N) is 2. The summed E-state index contributed by atoms with van der Waals surface area (Å²) < 4.78 is 5.59. The van der Waals surface area contributed by atoms with E-state index in [1.165, 1.54) is 6.07 Å². The second-order valence-corrected chi connectivity index (χ2v) is 4.15. The lowest BCUT2D eigenvalue weighted by Gasteiger charge is -2.10. The van der Waals surface area contributed by atoms with Gasteiger partial charge in [0.2, 0.25) is 0 Å². The maximum Gasteiger partial charge on any atom is 0.272 e. The van der Waals surface area contributed by atoms with E-state index < -0.39 is 4.92 Å². The summed E-state index contributed by atoms with van der Waals surface area (Å²) >= 11 is 0. The number of aryl methyl sites for hydroxylation is 1. The molecule has 0 fully saturated rings. The van der Waals surface area contributed by atoms with Gasteiger partial charge in [-0.2, -0.15) is 0 Å². The van der Waals surface area contributed by atoms with E-state index in [1.54, 1.807) is 31.3 Å². The lowest BCUT2D eigenvalue weighted by Crippen LogP contribution is -2.12. The summed E-state index contributed by atoms with van der Waals surface area (Å²) in [6.07, 6.45) is 1.62. The van der Waals surface area contributed by atoms with E-state index in [0.29, 0.717) is 17.1 Å². The van der Waals surface area contributed by atoms with E-state index in [-0.39, 0.29) is 12.3 Å². The average Bonchev–Trinajstić information content (AvgIpc) is 2.45. The lowest BCUT2D eigenvalue weighted by atomic mass is 10.2. The molecule has 7 heteroatoms. The first-order valence-electron chi connectivity index (χ1n) is 5.90. The normalized spacial score (nSPS) is 10.1. The van der Waals surface area contributed by atoms with Gasteiger partial charge < -0.3 is 10.2 Å². The Morgan fingerprint density at radius 3 is 2.90 bits per heavy atom. The van der Waals surface area contributed by atoms with Crippen LogP contribution in [0.1, 0.15) is 11.1 Å². The van der Waals surface area contributed by atoms with Crippen LogP contribution in [0.25, 0.3) is 0 Å². The average molecular weight is 274 g/mol. The number of hydrogen-bond acceptors (Lipinski definition) is 6. The van der Waals surface area contributed by atoms with Crippen molar-refractivity contribution in [1.82, 2.24) is 4.98 Å². The molecule has 1 heterocycles. The number of hydrazine groups is 1. The van der Waals surface area contributed by atoms with Gasteiger partial charge in [0.25, 0.3) is 5.69 Å². The number of nitrogens with one attached hydrogen (secondary N) is 1. The standard InChI is InChI=1S/C13H14N4O3/c1-9-7-11(4-5-12(9)17(18)19)20-8-10-3-2-6-15-13(10)16-14/h2-7H,8,14H2,1H3,(H,15,16). The predicted octanol–water partition coefficient (Wildman–Crippen LogP) is 2.16. The van der Waals surface area contributed by atoms with Crippen molar-refractivity contribution >= 4 is 11.5 Å². The van der Waals surface area contributed by atoms with Crippen LogP contribution in [0.15, 0.2) is 36.5 Å². The summed E-state index contributed by atoms with van der Waals surface area (Å²) in [5.74, 6) is 6.44. The minimum atomic E-state index is -0.420. The summed E-state index contributed by atoms with van der Waals surface area (Å²) in [6.45, 7) is 1.94. The van der Waals surface area contributed by atoms with E-state index in [9.17, 15) is 10.1 Å². The molecule has 20 heavy (non-hydrogen) atoms. The van der Waals surface area contributed by atoms with Gasteiger partial charge in [-0.25, -0.2) is 10.8 Å². The van der Waals surface area contributed by atoms with E-state index in [0.717, 1.165) is 5.56 Å². The first-order valence-corrected chi connectivity index (χ1v) is 5.90. The molecule has 3 N–H and O–H groups in total. The van der Waals surface area contributed by atoms with Gasteiger partial charge in [-0.3, -0.25) is 10.1 Å². The topological polar surface area (TPSA) is 103 Å². The fourth-order valence-electron chi connectivity index (χ4n) is 1.77. The van der Waals surface area contributed by atoms with Crippen molar-refractivity contribution < 1.29 is 9.66 Å². The molecule has 0 bridgehead atoms. The number of nitro benzene ring substituents is 1. The van der Waals surface area contributed by atoms with Crippen LogP contribution in [-0.4, -0.2) is 9.91 Å². The zero-order chi connectivity index (χ0) is 14.5. The van der Waals surface area contributed by atoms with Crippen LogP contribution in [0.4, 0.5) is 11.5 Å². The molecule has 0 aliphatic heterocycles. The van der Waals surface area contributed by atoms with E-state index in [1.807, 2.05) is 6.07 Å². The van der Waals surface area contributed by atoms with Crippen LogP contribution in [0.5, 0.6) is 5.75 Å². The van der Waals surface area contributed by atoms with Crippen molar-refractivity contribution in [3.8, 4) is 5.75 Å². The zero-order valence-corrected chi connectivity index (χ0v) is 10.9. The number of rotatable bonds is 5. The number of nitrogens with two attached hydrogens (primary N) is 1. The molecule has 0 saturated carbocycles. The van der Waals surface area contributed by atoms with Gasteiger partial charge in [0.15, 0.2) is 0 Å². The van der Waals surface area contributed by atoms with Crippen LogP contribution in [0.3, 0.4) is 0 Å². The van der Waals surface area contributed by atoms with Crippen LogP contribution in [0.2, 0.25) is 0 Å². The van der Waals surface area contributed by atoms with E-state index >= 15 is 0 Å². The maximum absolute atomic E-state index is 10.7. The van der Waals surface area contributed by atoms with Crippen LogP contribution >= 0.6 is 0 Å². The summed E-state index contributed by atoms with van der Waals surface area (Å²) in [6, 6.07) is 8.23. The highest BCUT2D eigenvalue weighted by atomic mass is 16.6. The zero-order valence-electron chi connectivity index (χ0n) is 10.9. The third-order valence-corrected chi connectivity index (χ3v) is 2.79. The molecular weight excluding hydrogens is 260 g/mol. The molecule has 0 spiro atoms. The molecular formula is C13H14N4O3. The summed E-state index contributed by atoms with van der Waals surface area (Å²) in [5, 5.41) is 10.7. The second kappa shape index (κ2) is 5.98. The van der Waals surface area contributed by atoms with Crippen molar-refractivity contribution in [1.29, 1.82) is 0 Å². The molecule has 1 aromatic carbocycles. The highest BCUT2D eigenvalue weighted by molar-refractivity contribution is 5.45. The van der Waals surface area contributed by atoms with Gasteiger partial charge in [0.1, 0.15) is 18.2 Å². The number of hydrogen-bond donors (Lipinski definition) is 2. The number of nitrogen functional groups attached to an aromatic ring is 1. The van der Waals surface area contributed by atoms with Gasteiger partial charge in [-0.15, -0.1) is 0 Å². The van der Waals surface area contributed by atoms with Crippen molar-refractivity contribution in [2.45, 2.75) is 13.5 Å². The molecule has 0 unspecified atom stereocenters. The monoisotopic (exact) mass is 274 g/mol. The summed E-state index contributed by atoms with van der Waals surface area (Å²) in [5.41, 5.74) is 3.91. The molecule has 0 radical (unpaired) electrons. The van der Waals surface area contributed by atoms with Crippen molar-refractivity contribution in [3.05, 3.63) is 57.8 Å². The Bertz CT molecular complexity index is 631. The minimum absolute atomic E-state index is 0.0723. The Hall–Kier alpha value is -2.67. The number of anilines is 1. The van der Waals surface area contributed by atoms with Gasteiger partial charge in [-0.05, 0) is 25.1 Å². The number of nitro groups is 1. The van der Waals surface area contributed by atoms with Crippen molar-refractivity contribution in [2.75, 3.05) is 5.43 Å². The fraction of sp³-hybridized carbons (Fsp3) is 0.154. The molecule has 0 saturated heterocycles.